The molecule has 2 aromatic heterocycles. The lowest BCUT2D eigenvalue weighted by Crippen LogP contribution is -2.40. The van der Waals surface area contributed by atoms with Crippen molar-refractivity contribution in [2.75, 3.05) is 6.54 Å². The van der Waals surface area contributed by atoms with E-state index in [-0.39, 0.29) is 12.5 Å². The van der Waals surface area contributed by atoms with Crippen molar-refractivity contribution in [1.82, 2.24) is 9.88 Å². The molecule has 1 amide bonds. The van der Waals surface area contributed by atoms with Crippen LogP contribution in [0.2, 0.25) is 0 Å². The Morgan fingerprint density at radius 1 is 1.45 bits per heavy atom. The third kappa shape index (κ3) is 3.49. The lowest BCUT2D eigenvalue weighted by Gasteiger charge is -2.22. The molecular formula is C15H20N2O2S. The maximum absolute atomic E-state index is 12.2. The van der Waals surface area contributed by atoms with Crippen LogP contribution in [0.1, 0.15) is 36.4 Å². The fourth-order valence-corrected chi connectivity index (χ4v) is 2.96. The molecule has 0 saturated carbocycles. The number of nitrogens with one attached hydrogen (secondary N) is 1. The van der Waals surface area contributed by atoms with Crippen LogP contribution < -0.4 is 5.32 Å². The Morgan fingerprint density at radius 2 is 2.15 bits per heavy atom. The van der Waals surface area contributed by atoms with Gasteiger partial charge in [0.2, 0.25) is 0 Å². The molecule has 5 heteroatoms. The van der Waals surface area contributed by atoms with Crippen LogP contribution in [0, 0.1) is 0 Å². The Hall–Kier alpha value is -1.59. The minimum absolute atomic E-state index is 0.139. The second kappa shape index (κ2) is 6.24. The summed E-state index contributed by atoms with van der Waals surface area (Å²) in [5.41, 5.74) is 0.0163. The highest BCUT2D eigenvalue weighted by Gasteiger charge is 2.21. The molecule has 0 aliphatic rings. The van der Waals surface area contributed by atoms with E-state index >= 15 is 0 Å². The van der Waals surface area contributed by atoms with Gasteiger partial charge in [0, 0.05) is 18.9 Å². The van der Waals surface area contributed by atoms with Crippen LogP contribution in [0.4, 0.5) is 0 Å². The molecule has 2 aromatic rings. The maximum atomic E-state index is 12.2. The molecule has 0 spiro atoms. The predicted octanol–water partition coefficient (Wildman–Crippen LogP) is 2.82. The van der Waals surface area contributed by atoms with E-state index in [9.17, 15) is 9.90 Å². The van der Waals surface area contributed by atoms with Gasteiger partial charge >= 0.3 is 0 Å². The van der Waals surface area contributed by atoms with Crippen LogP contribution >= 0.6 is 11.3 Å². The Kier molecular flexibility index (Phi) is 4.62. The zero-order valence-electron chi connectivity index (χ0n) is 11.8. The molecule has 20 heavy (non-hydrogen) atoms. The van der Waals surface area contributed by atoms with E-state index in [4.69, 9.17) is 0 Å². The van der Waals surface area contributed by atoms with Crippen molar-refractivity contribution in [1.29, 1.82) is 0 Å². The topological polar surface area (TPSA) is 54.3 Å². The Balaban J connectivity index is 2.06. The van der Waals surface area contributed by atoms with Crippen LogP contribution in [-0.2, 0) is 0 Å². The van der Waals surface area contributed by atoms with Crippen molar-refractivity contribution < 1.29 is 9.90 Å². The summed E-state index contributed by atoms with van der Waals surface area (Å²) in [4.78, 5) is 12.9. The molecule has 1 atom stereocenters. The van der Waals surface area contributed by atoms with Gasteiger partial charge in [-0.15, -0.1) is 11.3 Å². The minimum Gasteiger partial charge on any atom is -0.388 e. The number of hydrogen-bond acceptors (Lipinski definition) is 3. The van der Waals surface area contributed by atoms with Gasteiger partial charge in [0.25, 0.3) is 5.91 Å². The van der Waals surface area contributed by atoms with Crippen molar-refractivity contribution in [2.45, 2.75) is 32.3 Å². The SMILES string of the molecule is CCCC(C)(O)CNC(=O)c1sccc1-n1cccc1. The zero-order chi connectivity index (χ0) is 14.6. The summed E-state index contributed by atoms with van der Waals surface area (Å²) < 4.78 is 1.91. The highest BCUT2D eigenvalue weighted by Crippen LogP contribution is 2.21. The van der Waals surface area contributed by atoms with Gasteiger partial charge in [-0.3, -0.25) is 4.79 Å². The zero-order valence-corrected chi connectivity index (χ0v) is 12.6. The first-order valence-electron chi connectivity index (χ1n) is 6.75. The van der Waals surface area contributed by atoms with E-state index in [1.165, 1.54) is 11.3 Å². The fourth-order valence-electron chi connectivity index (χ4n) is 2.15. The van der Waals surface area contributed by atoms with E-state index in [1.54, 1.807) is 6.92 Å². The molecule has 2 rings (SSSR count). The molecule has 0 aliphatic carbocycles. The summed E-state index contributed by atoms with van der Waals surface area (Å²) in [6.07, 6.45) is 5.37. The van der Waals surface area contributed by atoms with Gasteiger partial charge < -0.3 is 15.0 Å². The molecule has 2 N–H and O–H groups in total. The predicted molar refractivity (Wildman–Crippen MR) is 81.5 cm³/mol. The van der Waals surface area contributed by atoms with Crippen molar-refractivity contribution >= 4 is 17.2 Å². The number of aliphatic hydroxyl groups is 1. The fraction of sp³-hybridized carbons (Fsp3) is 0.400. The normalized spacial score (nSPS) is 13.9. The molecule has 0 radical (unpaired) electrons. The summed E-state index contributed by atoms with van der Waals surface area (Å²) in [6, 6.07) is 5.76. The molecule has 0 bridgehead atoms. The van der Waals surface area contributed by atoms with Gasteiger partial charge in [0.15, 0.2) is 0 Å². The summed E-state index contributed by atoms with van der Waals surface area (Å²) in [5, 5.41) is 14.8. The Bertz CT molecular complexity index is 558. The molecule has 0 saturated heterocycles. The molecule has 0 aliphatic heterocycles. The first-order chi connectivity index (χ1) is 9.53. The van der Waals surface area contributed by atoms with Crippen LogP contribution in [0.5, 0.6) is 0 Å². The lowest BCUT2D eigenvalue weighted by atomic mass is 10.0. The standard InChI is InChI=1S/C15H20N2O2S/c1-3-7-15(2,19)11-16-14(18)13-12(6-10-20-13)17-8-4-5-9-17/h4-6,8-10,19H,3,7,11H2,1-2H3,(H,16,18). The average molecular weight is 292 g/mol. The summed E-state index contributed by atoms with van der Waals surface area (Å²) in [5.74, 6) is -0.139. The number of carbonyl (C=O) groups is 1. The van der Waals surface area contributed by atoms with Gasteiger partial charge in [-0.25, -0.2) is 0 Å². The third-order valence-electron chi connectivity index (χ3n) is 3.15. The van der Waals surface area contributed by atoms with E-state index in [0.717, 1.165) is 12.1 Å². The quantitative estimate of drug-likeness (QED) is 0.860. The smallest absolute Gasteiger partial charge is 0.263 e. The van der Waals surface area contributed by atoms with Crippen LogP contribution in [-0.4, -0.2) is 27.7 Å². The monoisotopic (exact) mass is 292 g/mol. The van der Waals surface area contributed by atoms with Crippen LogP contribution in [0.25, 0.3) is 5.69 Å². The third-order valence-corrected chi connectivity index (χ3v) is 4.05. The number of thiophene rings is 1. The van der Waals surface area contributed by atoms with Gasteiger partial charge in [-0.2, -0.15) is 0 Å². The first kappa shape index (κ1) is 14.8. The number of amides is 1. The van der Waals surface area contributed by atoms with Crippen molar-refractivity contribution in [2.24, 2.45) is 0 Å². The molecule has 0 fully saturated rings. The molecule has 0 aromatic carbocycles. The number of carbonyl (C=O) groups excluding carboxylic acids is 1. The van der Waals surface area contributed by atoms with Gasteiger partial charge in [0.05, 0.1) is 11.3 Å². The molecule has 108 valence electrons. The molecule has 2 heterocycles. The van der Waals surface area contributed by atoms with Crippen molar-refractivity contribution in [3.63, 3.8) is 0 Å². The summed E-state index contributed by atoms with van der Waals surface area (Å²) in [7, 11) is 0. The average Bonchev–Trinajstić information content (AvgIpc) is 3.05. The van der Waals surface area contributed by atoms with Gasteiger partial charge in [-0.1, -0.05) is 13.3 Å². The second-order valence-corrected chi connectivity index (χ2v) is 6.07. The van der Waals surface area contributed by atoms with Crippen molar-refractivity contribution in [3.05, 3.63) is 40.8 Å². The lowest BCUT2D eigenvalue weighted by molar-refractivity contribution is 0.0470. The highest BCUT2D eigenvalue weighted by molar-refractivity contribution is 7.12. The summed E-state index contributed by atoms with van der Waals surface area (Å²) in [6.45, 7) is 4.03. The largest absolute Gasteiger partial charge is 0.388 e. The second-order valence-electron chi connectivity index (χ2n) is 5.15. The van der Waals surface area contributed by atoms with E-state index in [1.807, 2.05) is 47.5 Å². The maximum Gasteiger partial charge on any atom is 0.263 e. The minimum atomic E-state index is -0.852. The number of hydrogen-bond donors (Lipinski definition) is 2. The number of rotatable bonds is 6. The molecule has 1 unspecified atom stereocenters. The van der Waals surface area contributed by atoms with E-state index in [0.29, 0.717) is 11.3 Å². The number of aromatic nitrogens is 1. The first-order valence-corrected chi connectivity index (χ1v) is 7.63. The summed E-state index contributed by atoms with van der Waals surface area (Å²) >= 11 is 1.41. The van der Waals surface area contributed by atoms with Gasteiger partial charge in [0.1, 0.15) is 4.88 Å². The molecule has 4 nitrogen and oxygen atoms in total. The highest BCUT2D eigenvalue weighted by atomic mass is 32.1. The van der Waals surface area contributed by atoms with Crippen molar-refractivity contribution in [3.8, 4) is 5.69 Å². The van der Waals surface area contributed by atoms with Crippen LogP contribution in [0.3, 0.4) is 0 Å². The van der Waals surface area contributed by atoms with E-state index in [2.05, 4.69) is 5.32 Å². The van der Waals surface area contributed by atoms with Crippen LogP contribution in [0.15, 0.2) is 36.0 Å². The van der Waals surface area contributed by atoms with Gasteiger partial charge in [-0.05, 0) is 36.9 Å². The Morgan fingerprint density at radius 3 is 2.80 bits per heavy atom. The Labute approximate surface area is 123 Å². The molecular weight excluding hydrogens is 272 g/mol. The van der Waals surface area contributed by atoms with E-state index < -0.39 is 5.60 Å². The number of nitrogens with zero attached hydrogens (tertiary/aromatic N) is 1.